The second kappa shape index (κ2) is 4.95. The Kier molecular flexibility index (Phi) is 4.07. The number of benzene rings is 1. The van der Waals surface area contributed by atoms with Gasteiger partial charge in [-0.2, -0.15) is 0 Å². The molecule has 1 rings (SSSR count). The van der Waals surface area contributed by atoms with Crippen LogP contribution in [-0.2, 0) is 9.84 Å². The zero-order chi connectivity index (χ0) is 12.3. The third-order valence-electron chi connectivity index (χ3n) is 2.52. The minimum Gasteiger partial charge on any atom is -0.391 e. The van der Waals surface area contributed by atoms with Crippen LogP contribution in [0, 0.1) is 0 Å². The van der Waals surface area contributed by atoms with Crippen molar-refractivity contribution in [1.82, 2.24) is 0 Å². The van der Waals surface area contributed by atoms with Crippen molar-refractivity contribution in [2.24, 2.45) is 5.73 Å². The quantitative estimate of drug-likeness (QED) is 0.822. The minimum absolute atomic E-state index is 0.0782. The number of hydrogen-bond acceptors (Lipinski definition) is 4. The molecule has 0 heterocycles. The molecule has 4 nitrogen and oxygen atoms in total. The number of nitrogens with two attached hydrogens (primary N) is 1. The summed E-state index contributed by atoms with van der Waals surface area (Å²) in [5.74, 6) is 0.0782. The number of aliphatic hydroxyl groups excluding tert-OH is 1. The average molecular weight is 243 g/mol. The Morgan fingerprint density at radius 3 is 2.19 bits per heavy atom. The first-order valence-electron chi connectivity index (χ1n) is 5.15. The number of rotatable bonds is 4. The maximum Gasteiger partial charge on any atom is 0.178 e. The van der Waals surface area contributed by atoms with E-state index in [9.17, 15) is 13.5 Å². The molecular formula is C11H17NO3S. The molecule has 16 heavy (non-hydrogen) atoms. The van der Waals surface area contributed by atoms with Crippen molar-refractivity contribution < 1.29 is 13.5 Å². The molecule has 0 saturated heterocycles. The third kappa shape index (κ3) is 2.81. The summed E-state index contributed by atoms with van der Waals surface area (Å²) in [7, 11) is -3.16. The number of hydrogen-bond donors (Lipinski definition) is 2. The van der Waals surface area contributed by atoms with Gasteiger partial charge in [0.1, 0.15) is 0 Å². The van der Waals surface area contributed by atoms with Crippen LogP contribution in [0.5, 0.6) is 0 Å². The standard InChI is InChI=1S/C11H17NO3S/c1-3-16(14,15)10-6-4-9(5-7-10)11(12)8(2)13/h4-8,11,13H,3,12H2,1-2H3/t8-,11-/m0/s1. The Labute approximate surface area is 96.0 Å². The molecule has 0 aliphatic heterocycles. The highest BCUT2D eigenvalue weighted by Crippen LogP contribution is 2.18. The first-order valence-corrected chi connectivity index (χ1v) is 6.80. The topological polar surface area (TPSA) is 80.4 Å². The maximum atomic E-state index is 11.5. The largest absolute Gasteiger partial charge is 0.391 e. The molecular weight excluding hydrogens is 226 g/mol. The second-order valence-corrected chi connectivity index (χ2v) is 6.02. The van der Waals surface area contributed by atoms with Gasteiger partial charge in [0, 0.05) is 0 Å². The van der Waals surface area contributed by atoms with E-state index in [1.807, 2.05) is 0 Å². The number of aliphatic hydroxyl groups is 1. The van der Waals surface area contributed by atoms with Crippen molar-refractivity contribution in [3.63, 3.8) is 0 Å². The van der Waals surface area contributed by atoms with E-state index >= 15 is 0 Å². The summed E-state index contributed by atoms with van der Waals surface area (Å²) in [6.07, 6.45) is -0.659. The van der Waals surface area contributed by atoms with Crippen molar-refractivity contribution >= 4 is 9.84 Å². The summed E-state index contributed by atoms with van der Waals surface area (Å²) in [4.78, 5) is 0.288. The third-order valence-corrected chi connectivity index (χ3v) is 4.27. The van der Waals surface area contributed by atoms with Crippen LogP contribution in [0.25, 0.3) is 0 Å². The molecule has 1 aromatic rings. The predicted octanol–water partition coefficient (Wildman–Crippen LogP) is 0.861. The fourth-order valence-corrected chi connectivity index (χ4v) is 2.23. The lowest BCUT2D eigenvalue weighted by atomic mass is 10.0. The normalized spacial score (nSPS) is 15.8. The van der Waals surface area contributed by atoms with E-state index in [2.05, 4.69) is 0 Å². The summed E-state index contributed by atoms with van der Waals surface area (Å²) in [6, 6.07) is 5.84. The summed E-state index contributed by atoms with van der Waals surface area (Å²) in [5.41, 5.74) is 6.46. The van der Waals surface area contributed by atoms with Crippen LogP contribution < -0.4 is 5.73 Å². The van der Waals surface area contributed by atoms with Gasteiger partial charge in [0.2, 0.25) is 0 Å². The molecule has 0 bridgehead atoms. The zero-order valence-electron chi connectivity index (χ0n) is 9.42. The minimum atomic E-state index is -3.16. The van der Waals surface area contributed by atoms with Gasteiger partial charge in [-0.25, -0.2) is 8.42 Å². The van der Waals surface area contributed by atoms with Crippen molar-refractivity contribution in [2.75, 3.05) is 5.75 Å². The number of sulfone groups is 1. The Morgan fingerprint density at radius 2 is 1.81 bits per heavy atom. The zero-order valence-corrected chi connectivity index (χ0v) is 10.2. The van der Waals surface area contributed by atoms with Crippen molar-refractivity contribution in [1.29, 1.82) is 0 Å². The summed E-state index contributed by atoms with van der Waals surface area (Å²) in [5, 5.41) is 9.31. The van der Waals surface area contributed by atoms with Gasteiger partial charge in [-0.1, -0.05) is 19.1 Å². The summed E-state index contributed by atoms with van der Waals surface area (Å²) < 4.78 is 23.1. The fourth-order valence-electron chi connectivity index (χ4n) is 1.34. The molecule has 3 N–H and O–H groups in total. The van der Waals surface area contributed by atoms with E-state index < -0.39 is 22.0 Å². The van der Waals surface area contributed by atoms with Crippen LogP contribution in [0.15, 0.2) is 29.2 Å². The van der Waals surface area contributed by atoms with Crippen molar-refractivity contribution in [2.45, 2.75) is 30.9 Å². The molecule has 0 aliphatic rings. The molecule has 0 amide bonds. The van der Waals surface area contributed by atoms with Gasteiger partial charge < -0.3 is 10.8 Å². The van der Waals surface area contributed by atoms with E-state index in [1.165, 1.54) is 12.1 Å². The van der Waals surface area contributed by atoms with Gasteiger partial charge in [-0.05, 0) is 24.6 Å². The van der Waals surface area contributed by atoms with Gasteiger partial charge >= 0.3 is 0 Å². The van der Waals surface area contributed by atoms with Gasteiger partial charge in [-0.3, -0.25) is 0 Å². The van der Waals surface area contributed by atoms with Gasteiger partial charge in [-0.15, -0.1) is 0 Å². The molecule has 2 atom stereocenters. The average Bonchev–Trinajstić information content (AvgIpc) is 2.28. The van der Waals surface area contributed by atoms with Gasteiger partial charge in [0.05, 0.1) is 22.8 Å². The smallest absolute Gasteiger partial charge is 0.178 e. The molecule has 0 unspecified atom stereocenters. The first kappa shape index (κ1) is 13.2. The molecule has 0 fully saturated rings. The molecule has 90 valence electrons. The molecule has 1 aromatic carbocycles. The van der Waals surface area contributed by atoms with E-state index in [-0.39, 0.29) is 10.6 Å². The van der Waals surface area contributed by atoms with Crippen LogP contribution in [0.2, 0.25) is 0 Å². The SMILES string of the molecule is CCS(=O)(=O)c1ccc([C@@H](N)[C@H](C)O)cc1. The molecule has 0 saturated carbocycles. The highest BCUT2D eigenvalue weighted by molar-refractivity contribution is 7.91. The van der Waals surface area contributed by atoms with Crippen LogP contribution in [0.3, 0.4) is 0 Å². The first-order chi connectivity index (χ1) is 7.38. The predicted molar refractivity (Wildman–Crippen MR) is 62.8 cm³/mol. The highest BCUT2D eigenvalue weighted by Gasteiger charge is 2.14. The molecule has 0 aromatic heterocycles. The highest BCUT2D eigenvalue weighted by atomic mass is 32.2. The Bertz CT molecular complexity index is 437. The van der Waals surface area contributed by atoms with Crippen LogP contribution >= 0.6 is 0 Å². The lowest BCUT2D eigenvalue weighted by Crippen LogP contribution is -2.23. The molecule has 0 aliphatic carbocycles. The van der Waals surface area contributed by atoms with Crippen molar-refractivity contribution in [3.05, 3.63) is 29.8 Å². The van der Waals surface area contributed by atoms with Crippen LogP contribution in [0.1, 0.15) is 25.5 Å². The van der Waals surface area contributed by atoms with Gasteiger partial charge in [0.25, 0.3) is 0 Å². The summed E-state index contributed by atoms with van der Waals surface area (Å²) >= 11 is 0. The maximum absolute atomic E-state index is 11.5. The van der Waals surface area contributed by atoms with Crippen molar-refractivity contribution in [3.8, 4) is 0 Å². The molecule has 5 heteroatoms. The Balaban J connectivity index is 3.01. The van der Waals surface area contributed by atoms with Crippen LogP contribution in [-0.4, -0.2) is 25.4 Å². The second-order valence-electron chi connectivity index (χ2n) is 3.74. The van der Waals surface area contributed by atoms with E-state index in [0.29, 0.717) is 0 Å². The monoisotopic (exact) mass is 243 g/mol. The Morgan fingerprint density at radius 1 is 1.31 bits per heavy atom. The molecule has 0 spiro atoms. The molecule has 0 radical (unpaired) electrons. The lowest BCUT2D eigenvalue weighted by Gasteiger charge is -2.15. The lowest BCUT2D eigenvalue weighted by molar-refractivity contribution is 0.164. The van der Waals surface area contributed by atoms with E-state index in [1.54, 1.807) is 26.0 Å². The Hall–Kier alpha value is -0.910. The van der Waals surface area contributed by atoms with E-state index in [4.69, 9.17) is 5.73 Å². The fraction of sp³-hybridized carbons (Fsp3) is 0.455. The summed E-state index contributed by atoms with van der Waals surface area (Å²) in [6.45, 7) is 3.20. The van der Waals surface area contributed by atoms with Gasteiger partial charge in [0.15, 0.2) is 9.84 Å². The van der Waals surface area contributed by atoms with Crippen LogP contribution in [0.4, 0.5) is 0 Å². The van der Waals surface area contributed by atoms with E-state index in [0.717, 1.165) is 5.56 Å².